The molecule has 52 valence electrons. The molecule has 0 unspecified atom stereocenters. The number of nitrogens with two attached hydrogens (primary N) is 1. The van der Waals surface area contributed by atoms with Crippen LogP contribution in [0.25, 0.3) is 6.08 Å². The maximum atomic E-state index is 5.13. The number of pyridine rings is 1. The molecule has 0 aliphatic rings. The van der Waals surface area contributed by atoms with Crippen LogP contribution in [0, 0.1) is 0 Å². The molecule has 0 fully saturated rings. The van der Waals surface area contributed by atoms with Gasteiger partial charge in [0.05, 0.1) is 0 Å². The molecule has 0 radical (unpaired) electrons. The van der Waals surface area contributed by atoms with E-state index >= 15 is 0 Å². The van der Waals surface area contributed by atoms with Gasteiger partial charge in [-0.2, -0.15) is 0 Å². The molecule has 10 heavy (non-hydrogen) atoms. The molecule has 1 heterocycles. The summed E-state index contributed by atoms with van der Waals surface area (Å²) in [5.74, 6) is 5.78. The fourth-order valence-electron chi connectivity index (χ4n) is 0.653. The standard InChI is InChI=1S/C7H9N3/c1-2-6-3-4-9-7(5-6)10-8/h2-5H,1,8H2,(H,9,10). The zero-order valence-electron chi connectivity index (χ0n) is 5.54. The van der Waals surface area contributed by atoms with Gasteiger partial charge in [0.15, 0.2) is 0 Å². The Morgan fingerprint density at radius 2 is 2.50 bits per heavy atom. The first-order chi connectivity index (χ1) is 4.86. The quantitative estimate of drug-likeness (QED) is 0.470. The van der Waals surface area contributed by atoms with Crippen LogP contribution in [0.4, 0.5) is 5.82 Å². The zero-order valence-corrected chi connectivity index (χ0v) is 5.54. The lowest BCUT2D eigenvalue weighted by atomic mass is 10.2. The summed E-state index contributed by atoms with van der Waals surface area (Å²) in [5, 5.41) is 0. The van der Waals surface area contributed by atoms with Crippen molar-refractivity contribution < 1.29 is 0 Å². The zero-order chi connectivity index (χ0) is 7.40. The first-order valence-corrected chi connectivity index (χ1v) is 2.92. The summed E-state index contributed by atoms with van der Waals surface area (Å²) in [4.78, 5) is 3.92. The summed E-state index contributed by atoms with van der Waals surface area (Å²) in [6, 6.07) is 3.67. The van der Waals surface area contributed by atoms with Gasteiger partial charge in [-0.15, -0.1) is 0 Å². The maximum Gasteiger partial charge on any atom is 0.140 e. The van der Waals surface area contributed by atoms with Gasteiger partial charge >= 0.3 is 0 Å². The predicted molar refractivity (Wildman–Crippen MR) is 42.1 cm³/mol. The lowest BCUT2D eigenvalue weighted by Gasteiger charge is -1.97. The monoisotopic (exact) mass is 135 g/mol. The third-order valence-electron chi connectivity index (χ3n) is 1.17. The van der Waals surface area contributed by atoms with Crippen LogP contribution in [0.5, 0.6) is 0 Å². The van der Waals surface area contributed by atoms with E-state index in [1.165, 1.54) is 0 Å². The summed E-state index contributed by atoms with van der Waals surface area (Å²) in [6.45, 7) is 3.61. The fourth-order valence-corrected chi connectivity index (χ4v) is 0.653. The Balaban J connectivity index is 2.98. The third-order valence-corrected chi connectivity index (χ3v) is 1.17. The number of nitrogens with zero attached hydrogens (tertiary/aromatic N) is 1. The Morgan fingerprint density at radius 3 is 3.10 bits per heavy atom. The molecule has 0 bridgehead atoms. The average Bonchev–Trinajstić information content (AvgIpc) is 2.05. The van der Waals surface area contributed by atoms with Crippen molar-refractivity contribution in [1.82, 2.24) is 4.98 Å². The van der Waals surface area contributed by atoms with E-state index < -0.39 is 0 Å². The molecule has 1 aromatic rings. The Bertz CT molecular complexity index is 232. The molecule has 0 aromatic carbocycles. The lowest BCUT2D eigenvalue weighted by Crippen LogP contribution is -2.07. The minimum absolute atomic E-state index is 0.650. The van der Waals surface area contributed by atoms with Crippen molar-refractivity contribution >= 4 is 11.9 Å². The molecule has 3 N–H and O–H groups in total. The second kappa shape index (κ2) is 2.98. The molecule has 0 amide bonds. The number of hydrogen-bond acceptors (Lipinski definition) is 3. The molecule has 0 saturated carbocycles. The minimum Gasteiger partial charge on any atom is -0.308 e. The van der Waals surface area contributed by atoms with Crippen LogP contribution in [0.15, 0.2) is 24.9 Å². The number of nitrogen functional groups attached to an aromatic ring is 1. The van der Waals surface area contributed by atoms with Gasteiger partial charge in [0.25, 0.3) is 0 Å². The van der Waals surface area contributed by atoms with Gasteiger partial charge in [-0.05, 0) is 17.7 Å². The van der Waals surface area contributed by atoms with E-state index in [2.05, 4.69) is 17.0 Å². The Hall–Kier alpha value is -1.35. The van der Waals surface area contributed by atoms with E-state index in [4.69, 9.17) is 5.84 Å². The molecular formula is C7H9N3. The largest absolute Gasteiger partial charge is 0.308 e. The number of hydrogen-bond donors (Lipinski definition) is 2. The van der Waals surface area contributed by atoms with Gasteiger partial charge in [-0.1, -0.05) is 12.7 Å². The second-order valence-electron chi connectivity index (χ2n) is 1.82. The molecule has 3 heteroatoms. The van der Waals surface area contributed by atoms with Crippen LogP contribution >= 0.6 is 0 Å². The molecule has 0 atom stereocenters. The maximum absolute atomic E-state index is 5.13. The van der Waals surface area contributed by atoms with Gasteiger partial charge in [-0.3, -0.25) is 0 Å². The highest BCUT2D eigenvalue weighted by Crippen LogP contribution is 2.05. The Morgan fingerprint density at radius 1 is 1.70 bits per heavy atom. The van der Waals surface area contributed by atoms with E-state index in [0.29, 0.717) is 5.82 Å². The van der Waals surface area contributed by atoms with Gasteiger partial charge in [0, 0.05) is 6.20 Å². The first kappa shape index (κ1) is 6.77. The fraction of sp³-hybridized carbons (Fsp3) is 0. The normalized spacial score (nSPS) is 8.90. The van der Waals surface area contributed by atoms with Crippen molar-refractivity contribution in [3.05, 3.63) is 30.5 Å². The molecule has 0 aliphatic heterocycles. The van der Waals surface area contributed by atoms with Crippen LogP contribution in [0.2, 0.25) is 0 Å². The van der Waals surface area contributed by atoms with Gasteiger partial charge in [-0.25, -0.2) is 10.8 Å². The average molecular weight is 135 g/mol. The van der Waals surface area contributed by atoms with Gasteiger partial charge in [0.2, 0.25) is 0 Å². The van der Waals surface area contributed by atoms with E-state index in [9.17, 15) is 0 Å². The SMILES string of the molecule is C=Cc1ccnc(NN)c1. The summed E-state index contributed by atoms with van der Waals surface area (Å²) in [5.41, 5.74) is 3.45. The molecule has 0 aliphatic carbocycles. The van der Waals surface area contributed by atoms with Crippen molar-refractivity contribution in [2.75, 3.05) is 5.43 Å². The van der Waals surface area contributed by atoms with E-state index in [1.54, 1.807) is 12.3 Å². The summed E-state index contributed by atoms with van der Waals surface area (Å²) < 4.78 is 0. The first-order valence-electron chi connectivity index (χ1n) is 2.92. The Labute approximate surface area is 59.6 Å². The Kier molecular flexibility index (Phi) is 2.02. The third kappa shape index (κ3) is 1.33. The van der Waals surface area contributed by atoms with Crippen LogP contribution in [0.3, 0.4) is 0 Å². The van der Waals surface area contributed by atoms with E-state index in [1.807, 2.05) is 12.1 Å². The number of rotatable bonds is 2. The molecule has 0 spiro atoms. The van der Waals surface area contributed by atoms with E-state index in [-0.39, 0.29) is 0 Å². The molecule has 1 rings (SSSR count). The van der Waals surface area contributed by atoms with Gasteiger partial charge < -0.3 is 5.43 Å². The molecular weight excluding hydrogens is 126 g/mol. The van der Waals surface area contributed by atoms with Crippen LogP contribution in [0.1, 0.15) is 5.56 Å². The highest BCUT2D eigenvalue weighted by atomic mass is 15.2. The van der Waals surface area contributed by atoms with Crippen molar-refractivity contribution in [3.8, 4) is 0 Å². The van der Waals surface area contributed by atoms with Crippen molar-refractivity contribution in [3.63, 3.8) is 0 Å². The number of aromatic nitrogens is 1. The molecule has 3 nitrogen and oxygen atoms in total. The summed E-state index contributed by atoms with van der Waals surface area (Å²) in [6.07, 6.45) is 3.41. The predicted octanol–water partition coefficient (Wildman–Crippen LogP) is 1.01. The number of hydrazine groups is 1. The summed E-state index contributed by atoms with van der Waals surface area (Å²) >= 11 is 0. The summed E-state index contributed by atoms with van der Waals surface area (Å²) in [7, 11) is 0. The molecule has 1 aromatic heterocycles. The highest BCUT2D eigenvalue weighted by molar-refractivity contribution is 5.51. The smallest absolute Gasteiger partial charge is 0.140 e. The topological polar surface area (TPSA) is 50.9 Å². The van der Waals surface area contributed by atoms with Crippen LogP contribution < -0.4 is 11.3 Å². The van der Waals surface area contributed by atoms with Gasteiger partial charge in [0.1, 0.15) is 5.82 Å². The molecule has 0 saturated heterocycles. The highest BCUT2D eigenvalue weighted by Gasteiger charge is 1.88. The number of nitrogens with one attached hydrogen (secondary N) is 1. The van der Waals surface area contributed by atoms with Crippen molar-refractivity contribution in [1.29, 1.82) is 0 Å². The lowest BCUT2D eigenvalue weighted by molar-refractivity contribution is 1.22. The second-order valence-corrected chi connectivity index (χ2v) is 1.82. The van der Waals surface area contributed by atoms with E-state index in [0.717, 1.165) is 5.56 Å². The number of anilines is 1. The minimum atomic E-state index is 0.650. The van der Waals surface area contributed by atoms with Crippen LogP contribution in [-0.2, 0) is 0 Å². The van der Waals surface area contributed by atoms with Crippen molar-refractivity contribution in [2.24, 2.45) is 5.84 Å². The van der Waals surface area contributed by atoms with Crippen molar-refractivity contribution in [2.45, 2.75) is 0 Å². The van der Waals surface area contributed by atoms with Crippen LogP contribution in [-0.4, -0.2) is 4.98 Å².